The molecular weight excluding hydrogens is 236 g/mol. The summed E-state index contributed by atoms with van der Waals surface area (Å²) in [6.07, 6.45) is 0.730. The molecule has 0 unspecified atom stereocenters. The van der Waals surface area contributed by atoms with Crippen molar-refractivity contribution >= 4 is 11.6 Å². The Morgan fingerprint density at radius 2 is 2.22 bits per heavy atom. The molecule has 18 heavy (non-hydrogen) atoms. The van der Waals surface area contributed by atoms with Gasteiger partial charge in [0.1, 0.15) is 0 Å². The normalized spacial score (nSPS) is 10.1. The summed E-state index contributed by atoms with van der Waals surface area (Å²) in [6.45, 7) is 2.71. The number of nitro groups is 1. The summed E-state index contributed by atoms with van der Waals surface area (Å²) in [5.41, 5.74) is 0.922. The molecule has 6 nitrogen and oxygen atoms in total. The van der Waals surface area contributed by atoms with Crippen LogP contribution >= 0.6 is 0 Å². The van der Waals surface area contributed by atoms with Gasteiger partial charge in [-0.15, -0.1) is 0 Å². The van der Waals surface area contributed by atoms with Gasteiger partial charge in [0.25, 0.3) is 11.6 Å². The maximum atomic E-state index is 11.7. The Balaban J connectivity index is 2.64. The molecule has 0 atom stereocenters. The summed E-state index contributed by atoms with van der Waals surface area (Å²) >= 11 is 0. The van der Waals surface area contributed by atoms with Crippen molar-refractivity contribution in [1.82, 2.24) is 5.32 Å². The third-order valence-corrected chi connectivity index (χ3v) is 2.47. The van der Waals surface area contributed by atoms with E-state index in [0.717, 1.165) is 6.42 Å². The smallest absolute Gasteiger partial charge is 0.272 e. The van der Waals surface area contributed by atoms with Crippen LogP contribution in [0.2, 0.25) is 0 Å². The lowest BCUT2D eigenvalue weighted by Gasteiger charge is -2.05. The summed E-state index contributed by atoms with van der Waals surface area (Å²) < 4.78 is 4.86. The van der Waals surface area contributed by atoms with Gasteiger partial charge in [0.05, 0.1) is 4.92 Å². The molecule has 0 heterocycles. The number of ether oxygens (including phenoxy) is 1. The molecule has 0 saturated heterocycles. The van der Waals surface area contributed by atoms with Crippen LogP contribution < -0.4 is 5.32 Å². The zero-order valence-electron chi connectivity index (χ0n) is 10.4. The molecule has 1 amide bonds. The molecule has 0 radical (unpaired) electrons. The molecule has 6 heteroatoms. The molecular formula is C12H16N2O4. The van der Waals surface area contributed by atoms with Crippen molar-refractivity contribution in [3.8, 4) is 0 Å². The van der Waals surface area contributed by atoms with Gasteiger partial charge in [-0.1, -0.05) is 0 Å². The van der Waals surface area contributed by atoms with Crippen LogP contribution in [-0.4, -0.2) is 31.1 Å². The van der Waals surface area contributed by atoms with E-state index in [-0.39, 0.29) is 11.6 Å². The predicted octanol–water partition coefficient (Wildman–Crippen LogP) is 1.67. The monoisotopic (exact) mass is 252 g/mol. The molecule has 1 aromatic rings. The first-order valence-electron chi connectivity index (χ1n) is 5.58. The third kappa shape index (κ3) is 3.81. The first kappa shape index (κ1) is 14.1. The van der Waals surface area contributed by atoms with Crippen LogP contribution in [0.25, 0.3) is 0 Å². The molecule has 0 spiro atoms. The number of methoxy groups -OCH3 is 1. The van der Waals surface area contributed by atoms with E-state index in [2.05, 4.69) is 5.32 Å². The second-order valence-corrected chi connectivity index (χ2v) is 3.86. The molecule has 0 aromatic heterocycles. The van der Waals surface area contributed by atoms with Gasteiger partial charge in [0, 0.05) is 37.5 Å². The van der Waals surface area contributed by atoms with Gasteiger partial charge in [-0.2, -0.15) is 0 Å². The summed E-state index contributed by atoms with van der Waals surface area (Å²) in [7, 11) is 1.60. The van der Waals surface area contributed by atoms with Crippen LogP contribution in [-0.2, 0) is 4.74 Å². The molecule has 98 valence electrons. The lowest BCUT2D eigenvalue weighted by molar-refractivity contribution is -0.385. The van der Waals surface area contributed by atoms with Crippen molar-refractivity contribution in [2.75, 3.05) is 20.3 Å². The van der Waals surface area contributed by atoms with Crippen LogP contribution in [0.1, 0.15) is 22.3 Å². The fraction of sp³-hybridized carbons (Fsp3) is 0.417. The first-order valence-corrected chi connectivity index (χ1v) is 5.58. The number of carbonyl (C=O) groups excluding carboxylic acids is 1. The summed E-state index contributed by atoms with van der Waals surface area (Å²) in [5.74, 6) is -0.232. The number of hydrogen-bond acceptors (Lipinski definition) is 4. The SMILES string of the molecule is COCCCNC(=O)c1ccc([N+](=O)[O-])c(C)c1. The zero-order valence-corrected chi connectivity index (χ0v) is 10.4. The molecule has 1 aromatic carbocycles. The number of aryl methyl sites for hydroxylation is 1. The summed E-state index contributed by atoms with van der Waals surface area (Å²) in [4.78, 5) is 21.9. The standard InChI is InChI=1S/C12H16N2O4/c1-9-8-10(4-5-11(9)14(16)17)12(15)13-6-3-7-18-2/h4-5,8H,3,6-7H2,1-2H3,(H,13,15). The van der Waals surface area contributed by atoms with Gasteiger partial charge in [0.15, 0.2) is 0 Å². The number of carbonyl (C=O) groups is 1. The van der Waals surface area contributed by atoms with Crippen LogP contribution in [0.5, 0.6) is 0 Å². The van der Waals surface area contributed by atoms with Crippen LogP contribution in [0, 0.1) is 17.0 Å². The summed E-state index contributed by atoms with van der Waals surface area (Å²) in [6, 6.07) is 4.32. The van der Waals surface area contributed by atoms with Crippen molar-refractivity contribution in [2.24, 2.45) is 0 Å². The second-order valence-electron chi connectivity index (χ2n) is 3.86. The Hall–Kier alpha value is -1.95. The number of nitrogens with zero attached hydrogens (tertiary/aromatic N) is 1. The highest BCUT2D eigenvalue weighted by Gasteiger charge is 2.13. The average molecular weight is 252 g/mol. The Labute approximate surface area is 105 Å². The topological polar surface area (TPSA) is 81.5 Å². The highest BCUT2D eigenvalue weighted by molar-refractivity contribution is 5.94. The van der Waals surface area contributed by atoms with Gasteiger partial charge in [0.2, 0.25) is 0 Å². The Kier molecular flexibility index (Phi) is 5.26. The highest BCUT2D eigenvalue weighted by Crippen LogP contribution is 2.18. The molecule has 0 fully saturated rings. The zero-order chi connectivity index (χ0) is 13.5. The fourth-order valence-electron chi connectivity index (χ4n) is 1.52. The van der Waals surface area contributed by atoms with E-state index in [1.165, 1.54) is 18.2 Å². The lowest BCUT2D eigenvalue weighted by Crippen LogP contribution is -2.25. The Morgan fingerprint density at radius 1 is 1.50 bits per heavy atom. The largest absolute Gasteiger partial charge is 0.385 e. The maximum Gasteiger partial charge on any atom is 0.272 e. The number of amides is 1. The lowest BCUT2D eigenvalue weighted by atomic mass is 10.1. The molecule has 1 rings (SSSR count). The van der Waals surface area contributed by atoms with Gasteiger partial charge < -0.3 is 10.1 Å². The first-order chi connectivity index (χ1) is 8.56. The van der Waals surface area contributed by atoms with Crippen LogP contribution in [0.15, 0.2) is 18.2 Å². The minimum absolute atomic E-state index is 0.0194. The molecule has 0 aliphatic carbocycles. The molecule has 1 N–H and O–H groups in total. The minimum atomic E-state index is -0.463. The average Bonchev–Trinajstić information content (AvgIpc) is 2.33. The second kappa shape index (κ2) is 6.70. The molecule has 0 aliphatic heterocycles. The van der Waals surface area contributed by atoms with Crippen molar-refractivity contribution in [1.29, 1.82) is 0 Å². The Morgan fingerprint density at radius 3 is 2.78 bits per heavy atom. The van der Waals surface area contributed by atoms with Gasteiger partial charge in [-0.25, -0.2) is 0 Å². The number of rotatable bonds is 6. The van der Waals surface area contributed by atoms with E-state index in [1.807, 2.05) is 0 Å². The minimum Gasteiger partial charge on any atom is -0.385 e. The quantitative estimate of drug-likeness (QED) is 0.474. The fourth-order valence-corrected chi connectivity index (χ4v) is 1.52. The van der Waals surface area contributed by atoms with Gasteiger partial charge in [-0.05, 0) is 25.5 Å². The van der Waals surface area contributed by atoms with Crippen LogP contribution in [0.3, 0.4) is 0 Å². The van der Waals surface area contributed by atoms with E-state index in [9.17, 15) is 14.9 Å². The van der Waals surface area contributed by atoms with Crippen molar-refractivity contribution in [3.05, 3.63) is 39.4 Å². The summed E-state index contributed by atoms with van der Waals surface area (Å²) in [5, 5.41) is 13.4. The number of nitrogens with one attached hydrogen (secondary N) is 1. The van der Waals surface area contributed by atoms with E-state index in [1.54, 1.807) is 14.0 Å². The number of nitro benzene ring substituents is 1. The third-order valence-electron chi connectivity index (χ3n) is 2.47. The Bertz CT molecular complexity index is 446. The maximum absolute atomic E-state index is 11.7. The van der Waals surface area contributed by atoms with Crippen molar-refractivity contribution in [2.45, 2.75) is 13.3 Å². The molecule has 0 saturated carbocycles. The molecule has 0 bridgehead atoms. The van der Waals surface area contributed by atoms with E-state index in [0.29, 0.717) is 24.3 Å². The predicted molar refractivity (Wildman–Crippen MR) is 66.7 cm³/mol. The van der Waals surface area contributed by atoms with Crippen molar-refractivity contribution < 1.29 is 14.5 Å². The highest BCUT2D eigenvalue weighted by atomic mass is 16.6. The number of benzene rings is 1. The van der Waals surface area contributed by atoms with E-state index in [4.69, 9.17) is 4.74 Å². The van der Waals surface area contributed by atoms with Gasteiger partial charge in [-0.3, -0.25) is 14.9 Å². The van der Waals surface area contributed by atoms with Crippen molar-refractivity contribution in [3.63, 3.8) is 0 Å². The molecule has 0 aliphatic rings. The number of hydrogen-bond donors (Lipinski definition) is 1. The van der Waals surface area contributed by atoms with Gasteiger partial charge >= 0.3 is 0 Å². The van der Waals surface area contributed by atoms with E-state index < -0.39 is 4.92 Å². The van der Waals surface area contributed by atoms with E-state index >= 15 is 0 Å². The van der Waals surface area contributed by atoms with Crippen LogP contribution in [0.4, 0.5) is 5.69 Å².